The van der Waals surface area contributed by atoms with Crippen LogP contribution in [0.1, 0.15) is 19.3 Å². The van der Waals surface area contributed by atoms with Crippen molar-refractivity contribution < 1.29 is 14.3 Å². The number of hydrogen-bond acceptors (Lipinski definition) is 4. The summed E-state index contributed by atoms with van der Waals surface area (Å²) in [6.45, 7) is 0. The molecular formula is C10H13NO3. The monoisotopic (exact) mass is 195 g/mol. The highest BCUT2D eigenvalue weighted by Crippen LogP contribution is 2.19. The second-order valence-corrected chi connectivity index (χ2v) is 3.07. The third-order valence-corrected chi connectivity index (χ3v) is 2.08. The van der Waals surface area contributed by atoms with Crippen LogP contribution in [-0.2, 0) is 14.3 Å². The largest absolute Gasteiger partial charge is 0.466 e. The number of hydrogen-bond donors (Lipinski definition) is 1. The van der Waals surface area contributed by atoms with Gasteiger partial charge in [0.15, 0.2) is 5.78 Å². The average molecular weight is 195 g/mol. The van der Waals surface area contributed by atoms with E-state index in [2.05, 4.69) is 4.74 Å². The molecule has 0 radical (unpaired) electrons. The molecule has 0 saturated carbocycles. The van der Waals surface area contributed by atoms with Gasteiger partial charge in [0.05, 0.1) is 7.11 Å². The van der Waals surface area contributed by atoms with Crippen LogP contribution in [0.15, 0.2) is 23.4 Å². The Morgan fingerprint density at radius 1 is 1.50 bits per heavy atom. The van der Waals surface area contributed by atoms with Gasteiger partial charge in [-0.15, -0.1) is 0 Å². The summed E-state index contributed by atoms with van der Waals surface area (Å²) in [5.41, 5.74) is 6.66. The highest BCUT2D eigenvalue weighted by molar-refractivity contribution is 6.00. The third-order valence-electron chi connectivity index (χ3n) is 2.08. The van der Waals surface area contributed by atoms with Gasteiger partial charge in [-0.1, -0.05) is 0 Å². The maximum Gasteiger partial charge on any atom is 0.330 e. The van der Waals surface area contributed by atoms with Crippen molar-refractivity contribution in [1.29, 1.82) is 0 Å². The lowest BCUT2D eigenvalue weighted by molar-refractivity contribution is -0.134. The van der Waals surface area contributed by atoms with Gasteiger partial charge in [-0.3, -0.25) is 4.79 Å². The van der Waals surface area contributed by atoms with Crippen LogP contribution in [0.5, 0.6) is 0 Å². The third kappa shape index (κ3) is 2.45. The first-order valence-corrected chi connectivity index (χ1v) is 4.43. The number of nitrogens with two attached hydrogens (primary N) is 1. The highest BCUT2D eigenvalue weighted by Gasteiger charge is 2.16. The van der Waals surface area contributed by atoms with Gasteiger partial charge in [0, 0.05) is 23.8 Å². The zero-order valence-corrected chi connectivity index (χ0v) is 8.08. The zero-order valence-electron chi connectivity index (χ0n) is 8.08. The molecule has 0 unspecified atom stereocenters. The Labute approximate surface area is 82.4 Å². The summed E-state index contributed by atoms with van der Waals surface area (Å²) >= 11 is 0. The highest BCUT2D eigenvalue weighted by atomic mass is 16.5. The van der Waals surface area contributed by atoms with E-state index in [0.29, 0.717) is 24.1 Å². The van der Waals surface area contributed by atoms with Gasteiger partial charge in [-0.2, -0.15) is 0 Å². The Bertz CT molecular complexity index is 315. The van der Waals surface area contributed by atoms with Crippen molar-refractivity contribution in [3.8, 4) is 0 Å². The Balaban J connectivity index is 2.80. The van der Waals surface area contributed by atoms with Crippen LogP contribution in [0, 0.1) is 0 Å². The fourth-order valence-electron chi connectivity index (χ4n) is 1.31. The molecule has 0 bridgehead atoms. The number of rotatable bonds is 2. The quantitative estimate of drug-likeness (QED) is 0.519. The van der Waals surface area contributed by atoms with Gasteiger partial charge < -0.3 is 10.5 Å². The number of esters is 1. The molecule has 0 saturated heterocycles. The van der Waals surface area contributed by atoms with Crippen molar-refractivity contribution in [2.75, 3.05) is 7.11 Å². The lowest BCUT2D eigenvalue weighted by atomic mass is 9.95. The van der Waals surface area contributed by atoms with Crippen LogP contribution in [0.2, 0.25) is 0 Å². The van der Waals surface area contributed by atoms with Crippen LogP contribution in [0.3, 0.4) is 0 Å². The smallest absolute Gasteiger partial charge is 0.330 e. The molecular weight excluding hydrogens is 182 g/mol. The van der Waals surface area contributed by atoms with Gasteiger partial charge in [-0.25, -0.2) is 4.79 Å². The minimum Gasteiger partial charge on any atom is -0.466 e. The van der Waals surface area contributed by atoms with E-state index in [1.165, 1.54) is 19.3 Å². The van der Waals surface area contributed by atoms with Crippen molar-refractivity contribution in [1.82, 2.24) is 0 Å². The molecule has 4 nitrogen and oxygen atoms in total. The van der Waals surface area contributed by atoms with E-state index in [-0.39, 0.29) is 5.78 Å². The lowest BCUT2D eigenvalue weighted by Gasteiger charge is -2.12. The predicted molar refractivity (Wildman–Crippen MR) is 51.2 cm³/mol. The Hall–Kier alpha value is -1.58. The number of allylic oxidation sites excluding steroid dienone is 3. The number of ether oxygens (including phenoxy) is 1. The van der Waals surface area contributed by atoms with Gasteiger partial charge >= 0.3 is 5.97 Å². The minimum atomic E-state index is -0.483. The van der Waals surface area contributed by atoms with Gasteiger partial charge in [0.1, 0.15) is 0 Å². The van der Waals surface area contributed by atoms with Crippen LogP contribution >= 0.6 is 0 Å². The lowest BCUT2D eigenvalue weighted by Crippen LogP contribution is -2.15. The number of carbonyl (C=O) groups is 2. The van der Waals surface area contributed by atoms with E-state index in [1.54, 1.807) is 0 Å². The second-order valence-electron chi connectivity index (χ2n) is 3.07. The van der Waals surface area contributed by atoms with Gasteiger partial charge in [0.2, 0.25) is 0 Å². The van der Waals surface area contributed by atoms with Crippen molar-refractivity contribution in [2.24, 2.45) is 5.73 Å². The molecule has 76 valence electrons. The van der Waals surface area contributed by atoms with E-state index in [9.17, 15) is 9.59 Å². The van der Waals surface area contributed by atoms with Crippen molar-refractivity contribution in [3.63, 3.8) is 0 Å². The number of carbonyl (C=O) groups excluding carboxylic acids is 2. The molecule has 4 heteroatoms. The maximum atomic E-state index is 11.4. The molecule has 0 aromatic rings. The van der Waals surface area contributed by atoms with E-state index in [1.807, 2.05) is 0 Å². The van der Waals surface area contributed by atoms with E-state index in [0.717, 1.165) is 6.42 Å². The standard InChI is InChI=1S/C10H13NO3/c1-14-10(13)6-5-7-8(11)3-2-4-9(7)12/h5-6H,2-4,11H2,1H3/b6-5+. The number of Topliss-reactive ketones (excluding diaryl/α,β-unsaturated/α-hetero) is 1. The Kier molecular flexibility index (Phi) is 3.45. The second kappa shape index (κ2) is 4.60. The SMILES string of the molecule is COC(=O)/C=C/C1=C(N)CCCC1=O. The maximum absolute atomic E-state index is 11.4. The molecule has 0 spiro atoms. The van der Waals surface area contributed by atoms with Gasteiger partial charge in [-0.05, 0) is 18.9 Å². The number of methoxy groups -OCH3 is 1. The fraction of sp³-hybridized carbons (Fsp3) is 0.400. The summed E-state index contributed by atoms with van der Waals surface area (Å²) in [5, 5.41) is 0. The summed E-state index contributed by atoms with van der Waals surface area (Å²) in [6, 6.07) is 0. The van der Waals surface area contributed by atoms with Crippen molar-refractivity contribution >= 4 is 11.8 Å². The minimum absolute atomic E-state index is 0.00565. The van der Waals surface area contributed by atoms with Crippen LogP contribution in [0.4, 0.5) is 0 Å². The van der Waals surface area contributed by atoms with E-state index in [4.69, 9.17) is 5.73 Å². The molecule has 0 fully saturated rings. The average Bonchev–Trinajstić information content (AvgIpc) is 2.16. The molecule has 2 N–H and O–H groups in total. The van der Waals surface area contributed by atoms with Crippen LogP contribution in [-0.4, -0.2) is 18.9 Å². The summed E-state index contributed by atoms with van der Waals surface area (Å²) in [6.07, 6.45) is 4.66. The summed E-state index contributed by atoms with van der Waals surface area (Å²) in [7, 11) is 1.28. The summed E-state index contributed by atoms with van der Waals surface area (Å²) < 4.78 is 4.41. The van der Waals surface area contributed by atoms with Crippen molar-refractivity contribution in [3.05, 3.63) is 23.4 Å². The predicted octanol–water partition coefficient (Wildman–Crippen LogP) is 0.681. The summed E-state index contributed by atoms with van der Waals surface area (Å²) in [4.78, 5) is 22.1. The van der Waals surface area contributed by atoms with E-state index < -0.39 is 5.97 Å². The molecule has 0 aromatic carbocycles. The molecule has 1 rings (SSSR count). The first kappa shape index (κ1) is 10.5. The molecule has 1 aliphatic carbocycles. The van der Waals surface area contributed by atoms with Crippen molar-refractivity contribution in [2.45, 2.75) is 19.3 Å². The Morgan fingerprint density at radius 2 is 2.21 bits per heavy atom. The van der Waals surface area contributed by atoms with E-state index >= 15 is 0 Å². The number of ketones is 1. The molecule has 0 aromatic heterocycles. The molecule has 14 heavy (non-hydrogen) atoms. The van der Waals surface area contributed by atoms with Gasteiger partial charge in [0.25, 0.3) is 0 Å². The topological polar surface area (TPSA) is 69.4 Å². The van der Waals surface area contributed by atoms with Crippen LogP contribution < -0.4 is 5.73 Å². The molecule has 1 aliphatic rings. The normalized spacial score (nSPS) is 17.6. The van der Waals surface area contributed by atoms with Crippen LogP contribution in [0.25, 0.3) is 0 Å². The fourth-order valence-corrected chi connectivity index (χ4v) is 1.31. The summed E-state index contributed by atoms with van der Waals surface area (Å²) in [5.74, 6) is -0.488. The first-order valence-electron chi connectivity index (χ1n) is 4.43. The molecule has 0 amide bonds. The molecule has 0 atom stereocenters. The Morgan fingerprint density at radius 3 is 2.79 bits per heavy atom. The molecule has 0 aliphatic heterocycles. The zero-order chi connectivity index (χ0) is 10.6. The molecule has 0 heterocycles. The first-order chi connectivity index (χ1) is 6.65.